The Balaban J connectivity index is 2.18. The predicted molar refractivity (Wildman–Crippen MR) is 62.4 cm³/mol. The second kappa shape index (κ2) is 5.95. The summed E-state index contributed by atoms with van der Waals surface area (Å²) in [6.45, 7) is 7.64. The Morgan fingerprint density at radius 1 is 1.57 bits per heavy atom. The number of rotatable bonds is 5. The first kappa shape index (κ1) is 12.3. The summed E-state index contributed by atoms with van der Waals surface area (Å²) in [5.74, 6) is 1.19. The van der Waals surface area contributed by atoms with Gasteiger partial charge in [-0.3, -0.25) is 4.31 Å². The van der Waals surface area contributed by atoms with Crippen molar-refractivity contribution >= 4 is 12.8 Å². The van der Waals surface area contributed by atoms with Gasteiger partial charge in [0, 0.05) is 19.1 Å². The molecule has 0 amide bonds. The Morgan fingerprint density at radius 3 is 2.71 bits per heavy atom. The van der Waals surface area contributed by atoms with Crippen molar-refractivity contribution in [3.05, 3.63) is 0 Å². The van der Waals surface area contributed by atoms with Crippen LogP contribution in [0, 0.1) is 11.8 Å². The zero-order chi connectivity index (χ0) is 10.6. The summed E-state index contributed by atoms with van der Waals surface area (Å²) in [4.78, 5) is 0. The molecule has 1 heterocycles. The van der Waals surface area contributed by atoms with Gasteiger partial charge in [0.05, 0.1) is 6.61 Å². The van der Waals surface area contributed by atoms with Crippen molar-refractivity contribution in [2.45, 2.75) is 26.3 Å². The largest absolute Gasteiger partial charge is 0.395 e. The maximum absolute atomic E-state index is 9.13. The van der Waals surface area contributed by atoms with E-state index in [0.717, 1.165) is 19.6 Å². The summed E-state index contributed by atoms with van der Waals surface area (Å²) < 4.78 is 2.07. The van der Waals surface area contributed by atoms with E-state index in [4.69, 9.17) is 5.11 Å². The molecule has 0 aromatic carbocycles. The highest BCUT2D eigenvalue weighted by Crippen LogP contribution is 2.16. The lowest BCUT2D eigenvalue weighted by molar-refractivity contribution is 0.206. The van der Waals surface area contributed by atoms with Crippen molar-refractivity contribution in [2.24, 2.45) is 11.8 Å². The third-order valence-electron chi connectivity index (χ3n) is 2.93. The lowest BCUT2D eigenvalue weighted by atomic mass is 10.0. The van der Waals surface area contributed by atoms with Crippen LogP contribution >= 0.6 is 12.8 Å². The van der Waals surface area contributed by atoms with Crippen LogP contribution in [0.3, 0.4) is 0 Å². The highest BCUT2D eigenvalue weighted by Gasteiger charge is 2.21. The highest BCUT2D eigenvalue weighted by atomic mass is 32.1. The first-order valence-electron chi connectivity index (χ1n) is 5.41. The van der Waals surface area contributed by atoms with Gasteiger partial charge in [-0.15, -0.1) is 0 Å². The molecule has 2 N–H and O–H groups in total. The van der Waals surface area contributed by atoms with Crippen LogP contribution in [0.25, 0.3) is 0 Å². The number of aliphatic hydroxyl groups excluding tert-OH is 1. The summed E-state index contributed by atoms with van der Waals surface area (Å²) in [5.41, 5.74) is 0. The zero-order valence-electron chi connectivity index (χ0n) is 9.11. The smallest absolute Gasteiger partial charge is 0.0587 e. The summed E-state index contributed by atoms with van der Waals surface area (Å²) in [6.07, 6.45) is 1.22. The van der Waals surface area contributed by atoms with Gasteiger partial charge < -0.3 is 10.4 Å². The zero-order valence-corrected chi connectivity index (χ0v) is 10.0. The summed E-state index contributed by atoms with van der Waals surface area (Å²) in [6, 6.07) is 0.240. The average molecular weight is 218 g/mol. The van der Waals surface area contributed by atoms with Gasteiger partial charge in [-0.25, -0.2) is 0 Å². The van der Waals surface area contributed by atoms with Gasteiger partial charge in [0.1, 0.15) is 0 Å². The molecular weight excluding hydrogens is 196 g/mol. The molecule has 0 radical (unpaired) electrons. The second-order valence-corrected chi connectivity index (χ2v) is 5.07. The molecule has 0 spiro atoms. The molecule has 3 nitrogen and oxygen atoms in total. The molecule has 2 unspecified atom stereocenters. The van der Waals surface area contributed by atoms with Crippen molar-refractivity contribution in [2.75, 3.05) is 26.2 Å². The molecular formula is C10H22N2OS. The number of aliphatic hydroxyl groups is 1. The number of thiol groups is 1. The maximum atomic E-state index is 9.13. The van der Waals surface area contributed by atoms with Crippen molar-refractivity contribution in [1.82, 2.24) is 9.62 Å². The van der Waals surface area contributed by atoms with Crippen LogP contribution in [-0.2, 0) is 0 Å². The van der Waals surface area contributed by atoms with E-state index >= 15 is 0 Å². The van der Waals surface area contributed by atoms with Crippen LogP contribution in [0.2, 0.25) is 0 Å². The molecule has 0 bridgehead atoms. The van der Waals surface area contributed by atoms with Gasteiger partial charge in [0.25, 0.3) is 0 Å². The van der Waals surface area contributed by atoms with Crippen molar-refractivity contribution in [3.8, 4) is 0 Å². The molecule has 14 heavy (non-hydrogen) atoms. The predicted octanol–water partition coefficient (Wildman–Crippen LogP) is 0.760. The van der Waals surface area contributed by atoms with Crippen molar-refractivity contribution < 1.29 is 5.11 Å². The Labute approximate surface area is 92.4 Å². The normalized spacial score (nSPS) is 25.9. The van der Waals surface area contributed by atoms with Crippen LogP contribution in [0.5, 0.6) is 0 Å². The molecule has 0 saturated carbocycles. The van der Waals surface area contributed by atoms with Gasteiger partial charge >= 0.3 is 0 Å². The van der Waals surface area contributed by atoms with E-state index in [9.17, 15) is 0 Å². The van der Waals surface area contributed by atoms with Crippen LogP contribution in [0.15, 0.2) is 0 Å². The fourth-order valence-electron chi connectivity index (χ4n) is 1.81. The third kappa shape index (κ3) is 3.77. The minimum Gasteiger partial charge on any atom is -0.395 e. The molecule has 4 heteroatoms. The minimum atomic E-state index is 0.231. The standard InChI is InChI=1S/C10H22N2OS/c1-8(2)10(7-13)11-5-9-3-4-12(14)6-9/h8-11,13-14H,3-7H2,1-2H3. The van der Waals surface area contributed by atoms with Gasteiger partial charge in [-0.05, 0) is 24.8 Å². The Hall–Kier alpha value is 0.230. The molecule has 0 aromatic rings. The molecule has 1 rings (SSSR count). The highest BCUT2D eigenvalue weighted by molar-refractivity contribution is 7.77. The summed E-state index contributed by atoms with van der Waals surface area (Å²) >= 11 is 4.32. The van der Waals surface area contributed by atoms with Gasteiger partial charge in [0.2, 0.25) is 0 Å². The number of nitrogens with one attached hydrogen (secondary N) is 1. The maximum Gasteiger partial charge on any atom is 0.0587 e. The van der Waals surface area contributed by atoms with E-state index in [-0.39, 0.29) is 12.6 Å². The molecule has 0 aromatic heterocycles. The van der Waals surface area contributed by atoms with Crippen LogP contribution in [0.1, 0.15) is 20.3 Å². The van der Waals surface area contributed by atoms with E-state index in [2.05, 4.69) is 36.3 Å². The van der Waals surface area contributed by atoms with E-state index < -0.39 is 0 Å². The van der Waals surface area contributed by atoms with Crippen molar-refractivity contribution in [1.29, 1.82) is 0 Å². The lowest BCUT2D eigenvalue weighted by Gasteiger charge is -2.22. The summed E-state index contributed by atoms with van der Waals surface area (Å²) in [5, 5.41) is 12.6. The summed E-state index contributed by atoms with van der Waals surface area (Å²) in [7, 11) is 0. The monoisotopic (exact) mass is 218 g/mol. The molecule has 1 fully saturated rings. The fourth-order valence-corrected chi connectivity index (χ4v) is 2.15. The topological polar surface area (TPSA) is 35.5 Å². The van der Waals surface area contributed by atoms with E-state index in [0.29, 0.717) is 11.8 Å². The fraction of sp³-hybridized carbons (Fsp3) is 1.00. The van der Waals surface area contributed by atoms with Gasteiger partial charge in [0.15, 0.2) is 0 Å². The van der Waals surface area contributed by atoms with E-state index in [1.54, 1.807) is 0 Å². The van der Waals surface area contributed by atoms with Gasteiger partial charge in [-0.1, -0.05) is 26.7 Å². The Bertz CT molecular complexity index is 166. The third-order valence-corrected chi connectivity index (χ3v) is 3.30. The Kier molecular flexibility index (Phi) is 5.23. The van der Waals surface area contributed by atoms with Crippen LogP contribution in [0.4, 0.5) is 0 Å². The molecule has 1 aliphatic rings. The minimum absolute atomic E-state index is 0.231. The second-order valence-electron chi connectivity index (χ2n) is 4.51. The first-order chi connectivity index (χ1) is 6.63. The number of nitrogens with zero attached hydrogens (tertiary/aromatic N) is 1. The molecule has 0 aliphatic carbocycles. The number of hydrogen-bond acceptors (Lipinski definition) is 4. The van der Waals surface area contributed by atoms with Crippen LogP contribution in [-0.4, -0.2) is 41.7 Å². The van der Waals surface area contributed by atoms with E-state index in [1.807, 2.05) is 0 Å². The average Bonchev–Trinajstić information content (AvgIpc) is 2.52. The molecule has 1 aliphatic heterocycles. The SMILES string of the molecule is CC(C)C(CO)NCC1CCN(S)C1. The lowest BCUT2D eigenvalue weighted by Crippen LogP contribution is -2.40. The number of hydrogen-bond donors (Lipinski definition) is 3. The van der Waals surface area contributed by atoms with E-state index in [1.165, 1.54) is 6.42 Å². The Morgan fingerprint density at radius 2 is 2.29 bits per heavy atom. The van der Waals surface area contributed by atoms with Gasteiger partial charge in [-0.2, -0.15) is 0 Å². The van der Waals surface area contributed by atoms with Crippen molar-refractivity contribution in [3.63, 3.8) is 0 Å². The first-order valence-corrected chi connectivity index (χ1v) is 5.81. The molecule has 1 saturated heterocycles. The quantitative estimate of drug-likeness (QED) is 0.596. The molecule has 2 atom stereocenters. The molecule has 84 valence electrons. The van der Waals surface area contributed by atoms with Crippen LogP contribution < -0.4 is 5.32 Å².